The molecule has 7 nitrogen and oxygen atoms in total. The maximum Gasteiger partial charge on any atom is 0.337 e. The summed E-state index contributed by atoms with van der Waals surface area (Å²) in [7, 11) is -0.766. The number of esters is 1. The lowest BCUT2D eigenvalue weighted by Gasteiger charge is -2.11. The summed E-state index contributed by atoms with van der Waals surface area (Å²) in [4.78, 5) is 11.4. The fraction of sp³-hybridized carbons (Fsp3) is 0.417. The van der Waals surface area contributed by atoms with Gasteiger partial charge in [-0.05, 0) is 24.6 Å². The minimum Gasteiger partial charge on any atom is -0.493 e. The monoisotopic (exact) mass is 303 g/mol. The lowest BCUT2D eigenvalue weighted by molar-refractivity contribution is 0.0600. The van der Waals surface area contributed by atoms with Crippen LogP contribution in [-0.4, -0.2) is 41.0 Å². The molecule has 0 fully saturated rings. The molecule has 0 aliphatic carbocycles. The molecule has 0 heterocycles. The Hall–Kier alpha value is -1.80. The summed E-state index contributed by atoms with van der Waals surface area (Å²) in [6.07, 6.45) is 0.265. The van der Waals surface area contributed by atoms with Gasteiger partial charge in [0.05, 0.1) is 32.1 Å². The van der Waals surface area contributed by atoms with Crippen LogP contribution in [0.2, 0.25) is 0 Å². The fourth-order valence-electron chi connectivity index (χ4n) is 1.47. The topological polar surface area (TPSA) is 105 Å². The van der Waals surface area contributed by atoms with Crippen LogP contribution in [0.15, 0.2) is 18.2 Å². The van der Waals surface area contributed by atoms with Crippen LogP contribution in [0.5, 0.6) is 11.5 Å². The molecular weight excluding hydrogens is 286 g/mol. The van der Waals surface area contributed by atoms with E-state index >= 15 is 0 Å². The number of methoxy groups -OCH3 is 2. The zero-order chi connectivity index (χ0) is 15.2. The molecule has 0 atom stereocenters. The van der Waals surface area contributed by atoms with Crippen LogP contribution in [0.1, 0.15) is 16.8 Å². The average molecular weight is 303 g/mol. The van der Waals surface area contributed by atoms with Gasteiger partial charge >= 0.3 is 5.97 Å². The molecule has 0 aliphatic heterocycles. The highest BCUT2D eigenvalue weighted by atomic mass is 32.2. The summed E-state index contributed by atoms with van der Waals surface area (Å²) in [5, 5.41) is 4.88. The van der Waals surface area contributed by atoms with Gasteiger partial charge in [-0.3, -0.25) is 0 Å². The largest absolute Gasteiger partial charge is 0.493 e. The van der Waals surface area contributed by atoms with Crippen LogP contribution in [0.4, 0.5) is 0 Å². The minimum atomic E-state index is -3.49. The third-order valence-corrected chi connectivity index (χ3v) is 3.27. The number of rotatable bonds is 7. The minimum absolute atomic E-state index is 0.157. The predicted molar refractivity (Wildman–Crippen MR) is 72.4 cm³/mol. The van der Waals surface area contributed by atoms with E-state index in [1.807, 2.05) is 0 Å². The third-order valence-electron chi connectivity index (χ3n) is 2.42. The zero-order valence-electron chi connectivity index (χ0n) is 11.3. The first kappa shape index (κ1) is 16.3. The first-order chi connectivity index (χ1) is 9.37. The van der Waals surface area contributed by atoms with Crippen molar-refractivity contribution in [2.24, 2.45) is 5.14 Å². The number of ether oxygens (including phenoxy) is 3. The lowest BCUT2D eigenvalue weighted by Crippen LogP contribution is -2.18. The summed E-state index contributed by atoms with van der Waals surface area (Å²) < 4.78 is 36.6. The fourth-order valence-corrected chi connectivity index (χ4v) is 1.99. The van der Waals surface area contributed by atoms with Crippen molar-refractivity contribution in [3.05, 3.63) is 23.8 Å². The Bertz CT molecular complexity index is 569. The molecule has 0 radical (unpaired) electrons. The summed E-state index contributed by atoms with van der Waals surface area (Å²) in [5.74, 6) is 0.136. The number of hydrogen-bond acceptors (Lipinski definition) is 6. The van der Waals surface area contributed by atoms with E-state index in [1.54, 1.807) is 6.07 Å². The summed E-state index contributed by atoms with van der Waals surface area (Å²) >= 11 is 0. The summed E-state index contributed by atoms with van der Waals surface area (Å²) in [6.45, 7) is 0.171. The quantitative estimate of drug-likeness (QED) is 0.582. The van der Waals surface area contributed by atoms with Gasteiger partial charge in [-0.2, -0.15) is 0 Å². The first-order valence-electron chi connectivity index (χ1n) is 5.77. The van der Waals surface area contributed by atoms with Gasteiger partial charge in [-0.1, -0.05) is 0 Å². The molecule has 0 unspecified atom stereocenters. The number of primary sulfonamides is 1. The standard InChI is InChI=1S/C12H17NO6S/c1-17-11-8-9(12(14)18-2)4-5-10(11)19-6-3-7-20(13,15)16/h4-5,8H,3,6-7H2,1-2H3,(H2,13,15,16). The van der Waals surface area contributed by atoms with Crippen molar-refractivity contribution < 1.29 is 27.4 Å². The van der Waals surface area contributed by atoms with E-state index in [2.05, 4.69) is 4.74 Å². The van der Waals surface area contributed by atoms with Crippen molar-refractivity contribution in [3.8, 4) is 11.5 Å². The van der Waals surface area contributed by atoms with Crippen LogP contribution in [0.25, 0.3) is 0 Å². The Morgan fingerprint density at radius 3 is 2.50 bits per heavy atom. The van der Waals surface area contributed by atoms with Gasteiger partial charge in [0.25, 0.3) is 0 Å². The van der Waals surface area contributed by atoms with Crippen molar-refractivity contribution in [2.75, 3.05) is 26.6 Å². The molecule has 0 bridgehead atoms. The zero-order valence-corrected chi connectivity index (χ0v) is 12.1. The Labute approximate surface area is 117 Å². The third kappa shape index (κ3) is 5.06. The molecule has 0 aliphatic rings. The Kier molecular flexibility index (Phi) is 5.78. The first-order valence-corrected chi connectivity index (χ1v) is 7.48. The molecule has 0 spiro atoms. The highest BCUT2D eigenvalue weighted by Crippen LogP contribution is 2.28. The molecule has 0 aromatic heterocycles. The van der Waals surface area contributed by atoms with E-state index in [0.717, 1.165) is 0 Å². The average Bonchev–Trinajstić information content (AvgIpc) is 2.41. The number of carbonyl (C=O) groups excluding carboxylic acids is 1. The molecule has 1 aromatic rings. The van der Waals surface area contributed by atoms with Crippen molar-refractivity contribution in [3.63, 3.8) is 0 Å². The number of benzene rings is 1. The van der Waals surface area contributed by atoms with Crippen LogP contribution >= 0.6 is 0 Å². The normalized spacial score (nSPS) is 10.9. The number of sulfonamides is 1. The molecule has 20 heavy (non-hydrogen) atoms. The van der Waals surface area contributed by atoms with Gasteiger partial charge in [0.15, 0.2) is 11.5 Å². The SMILES string of the molecule is COC(=O)c1ccc(OCCCS(N)(=O)=O)c(OC)c1. The maximum absolute atomic E-state index is 11.4. The van der Waals surface area contributed by atoms with Gasteiger partial charge in [0.2, 0.25) is 10.0 Å². The predicted octanol–water partition coefficient (Wildman–Crippen LogP) is 0.539. The number of carbonyl (C=O) groups is 1. The van der Waals surface area contributed by atoms with E-state index in [9.17, 15) is 13.2 Å². The summed E-state index contributed by atoms with van der Waals surface area (Å²) in [5.41, 5.74) is 0.334. The molecule has 0 saturated carbocycles. The van der Waals surface area contributed by atoms with E-state index in [4.69, 9.17) is 14.6 Å². The van der Waals surface area contributed by atoms with Crippen molar-refractivity contribution in [1.29, 1.82) is 0 Å². The molecule has 0 amide bonds. The molecule has 1 rings (SSSR count). The second kappa shape index (κ2) is 7.11. The van der Waals surface area contributed by atoms with Crippen LogP contribution in [0.3, 0.4) is 0 Å². The smallest absolute Gasteiger partial charge is 0.337 e. The molecule has 0 saturated heterocycles. The van der Waals surface area contributed by atoms with Gasteiger partial charge in [0, 0.05) is 0 Å². The highest BCUT2D eigenvalue weighted by molar-refractivity contribution is 7.89. The maximum atomic E-state index is 11.4. The van der Waals surface area contributed by atoms with Crippen LogP contribution in [0, 0.1) is 0 Å². The highest BCUT2D eigenvalue weighted by Gasteiger charge is 2.11. The second-order valence-corrected chi connectivity index (χ2v) is 5.66. The number of hydrogen-bond donors (Lipinski definition) is 1. The van der Waals surface area contributed by atoms with Crippen molar-refractivity contribution in [2.45, 2.75) is 6.42 Å². The molecule has 2 N–H and O–H groups in total. The molecule has 8 heteroatoms. The van der Waals surface area contributed by atoms with Crippen LogP contribution < -0.4 is 14.6 Å². The van der Waals surface area contributed by atoms with E-state index in [1.165, 1.54) is 26.4 Å². The van der Waals surface area contributed by atoms with E-state index in [0.29, 0.717) is 17.1 Å². The number of nitrogens with two attached hydrogens (primary N) is 1. The Morgan fingerprint density at radius 2 is 1.95 bits per heavy atom. The Balaban J connectivity index is 2.68. The molecule has 112 valence electrons. The van der Waals surface area contributed by atoms with Crippen molar-refractivity contribution >= 4 is 16.0 Å². The van der Waals surface area contributed by atoms with Crippen LogP contribution in [-0.2, 0) is 14.8 Å². The summed E-state index contributed by atoms with van der Waals surface area (Å²) in [6, 6.07) is 4.58. The van der Waals surface area contributed by atoms with Gasteiger partial charge < -0.3 is 14.2 Å². The van der Waals surface area contributed by atoms with Crippen molar-refractivity contribution in [1.82, 2.24) is 0 Å². The lowest BCUT2D eigenvalue weighted by atomic mass is 10.2. The van der Waals surface area contributed by atoms with Gasteiger partial charge in [0.1, 0.15) is 0 Å². The molecule has 1 aromatic carbocycles. The molecular formula is C12H17NO6S. The van der Waals surface area contributed by atoms with E-state index in [-0.39, 0.29) is 18.8 Å². The van der Waals surface area contributed by atoms with Gasteiger partial charge in [-0.25, -0.2) is 18.4 Å². The second-order valence-electron chi connectivity index (χ2n) is 3.93. The van der Waals surface area contributed by atoms with Gasteiger partial charge in [-0.15, -0.1) is 0 Å². The van der Waals surface area contributed by atoms with E-state index < -0.39 is 16.0 Å². The Morgan fingerprint density at radius 1 is 1.25 bits per heavy atom.